The molecule has 0 saturated carbocycles. The van der Waals surface area contributed by atoms with Crippen LogP contribution in [0.5, 0.6) is 5.75 Å². The van der Waals surface area contributed by atoms with Crippen molar-refractivity contribution < 1.29 is 4.74 Å². The number of aromatic nitrogens is 3. The van der Waals surface area contributed by atoms with Crippen LogP contribution in [0.2, 0.25) is 0 Å². The van der Waals surface area contributed by atoms with Gasteiger partial charge >= 0.3 is 0 Å². The normalized spacial score (nSPS) is 17.6. The third-order valence-corrected chi connectivity index (χ3v) is 6.36. The molecule has 7 heteroatoms. The number of fused-ring (bicyclic) bond motifs is 1. The summed E-state index contributed by atoms with van der Waals surface area (Å²) in [6.45, 7) is 1.00. The third-order valence-electron chi connectivity index (χ3n) is 4.33. The lowest BCUT2D eigenvalue weighted by molar-refractivity contribution is 0.414. The molecular formula is C17H18N4OS2. The van der Waals surface area contributed by atoms with Gasteiger partial charge in [0.1, 0.15) is 16.8 Å². The van der Waals surface area contributed by atoms with E-state index in [1.165, 1.54) is 5.56 Å². The minimum atomic E-state index is 0.318. The largest absolute Gasteiger partial charge is 0.497 e. The lowest BCUT2D eigenvalue weighted by atomic mass is 10.0. The average Bonchev–Trinajstić information content (AvgIpc) is 3.27. The Labute approximate surface area is 149 Å². The van der Waals surface area contributed by atoms with E-state index in [4.69, 9.17) is 4.74 Å². The van der Waals surface area contributed by atoms with Gasteiger partial charge in [0.25, 0.3) is 0 Å². The van der Waals surface area contributed by atoms with E-state index in [9.17, 15) is 0 Å². The number of thioether (sulfide) groups is 1. The second-order valence-electron chi connectivity index (χ2n) is 5.66. The maximum atomic E-state index is 5.39. The highest BCUT2D eigenvalue weighted by atomic mass is 32.2. The molecule has 0 bridgehead atoms. The van der Waals surface area contributed by atoms with Crippen molar-refractivity contribution in [3.05, 3.63) is 36.2 Å². The van der Waals surface area contributed by atoms with Crippen LogP contribution in [0, 0.1) is 0 Å². The summed E-state index contributed by atoms with van der Waals surface area (Å²) in [4.78, 5) is 15.9. The fourth-order valence-electron chi connectivity index (χ4n) is 3.23. The highest BCUT2D eigenvalue weighted by molar-refractivity contribution is 8.00. The summed E-state index contributed by atoms with van der Waals surface area (Å²) in [6.07, 6.45) is 5.94. The fourth-order valence-corrected chi connectivity index (χ4v) is 4.75. The van der Waals surface area contributed by atoms with Gasteiger partial charge in [-0.2, -0.15) is 0 Å². The average molecular weight is 358 g/mol. The number of hydrogen-bond donors (Lipinski definition) is 0. The Morgan fingerprint density at radius 2 is 2.25 bits per heavy atom. The fraction of sp³-hybridized carbons (Fsp3) is 0.353. The Morgan fingerprint density at radius 1 is 1.33 bits per heavy atom. The molecule has 1 atom stereocenters. The first-order chi connectivity index (χ1) is 11.8. The number of nitrogens with zero attached hydrogens (tertiary/aromatic N) is 4. The van der Waals surface area contributed by atoms with Gasteiger partial charge in [-0.3, -0.25) is 0 Å². The molecule has 1 aliphatic heterocycles. The number of ether oxygens (including phenoxy) is 1. The molecule has 3 aromatic rings. The lowest BCUT2D eigenvalue weighted by Gasteiger charge is -2.26. The summed E-state index contributed by atoms with van der Waals surface area (Å²) < 4.78 is 7.50. The van der Waals surface area contributed by atoms with Crippen LogP contribution < -0.4 is 9.64 Å². The molecule has 0 aliphatic carbocycles. The number of hydrogen-bond acceptors (Lipinski definition) is 7. The molecule has 0 radical (unpaired) electrons. The van der Waals surface area contributed by atoms with Gasteiger partial charge in [0.15, 0.2) is 15.8 Å². The molecule has 2 aromatic heterocycles. The molecule has 1 unspecified atom stereocenters. The van der Waals surface area contributed by atoms with Gasteiger partial charge in [-0.15, -0.1) is 11.3 Å². The summed E-state index contributed by atoms with van der Waals surface area (Å²) in [5.74, 6) is 1.90. The van der Waals surface area contributed by atoms with Crippen molar-refractivity contribution >= 4 is 39.3 Å². The maximum Gasteiger partial charge on any atom is 0.176 e. The van der Waals surface area contributed by atoms with Crippen LogP contribution >= 0.6 is 23.1 Å². The standard InChI is InChI=1S/C17H18N4OS2/c1-22-12-6-3-5-11(9-12)13-7-4-8-21(13)16-14-15(18-10-19-16)20-17(23-2)24-14/h3,5-6,9-10,13H,4,7-8H2,1-2H3. The molecule has 0 spiro atoms. The monoisotopic (exact) mass is 358 g/mol. The number of methoxy groups -OCH3 is 1. The van der Waals surface area contributed by atoms with Gasteiger partial charge in [-0.25, -0.2) is 15.0 Å². The van der Waals surface area contributed by atoms with E-state index in [1.807, 2.05) is 12.3 Å². The molecule has 124 valence electrons. The van der Waals surface area contributed by atoms with E-state index < -0.39 is 0 Å². The van der Waals surface area contributed by atoms with E-state index in [0.29, 0.717) is 6.04 Å². The Morgan fingerprint density at radius 3 is 3.08 bits per heavy atom. The van der Waals surface area contributed by atoms with Gasteiger partial charge in [-0.1, -0.05) is 23.9 Å². The first-order valence-electron chi connectivity index (χ1n) is 7.86. The topological polar surface area (TPSA) is 51.1 Å². The van der Waals surface area contributed by atoms with E-state index >= 15 is 0 Å². The van der Waals surface area contributed by atoms with Crippen molar-refractivity contribution in [3.63, 3.8) is 0 Å². The first-order valence-corrected chi connectivity index (χ1v) is 9.90. The molecule has 24 heavy (non-hydrogen) atoms. The van der Waals surface area contributed by atoms with Crippen molar-refractivity contribution in [2.75, 3.05) is 24.8 Å². The van der Waals surface area contributed by atoms with Gasteiger partial charge < -0.3 is 9.64 Å². The van der Waals surface area contributed by atoms with Gasteiger partial charge in [-0.05, 0) is 36.8 Å². The molecule has 5 nitrogen and oxygen atoms in total. The molecule has 1 saturated heterocycles. The zero-order valence-corrected chi connectivity index (χ0v) is 15.2. The summed E-state index contributed by atoms with van der Waals surface area (Å²) in [6, 6.07) is 8.65. The highest BCUT2D eigenvalue weighted by Crippen LogP contribution is 2.40. The Kier molecular flexibility index (Phi) is 4.28. The summed E-state index contributed by atoms with van der Waals surface area (Å²) in [5, 5.41) is 0. The molecule has 1 aromatic carbocycles. The summed E-state index contributed by atoms with van der Waals surface area (Å²) in [5.41, 5.74) is 2.07. The quantitative estimate of drug-likeness (QED) is 0.653. The van der Waals surface area contributed by atoms with E-state index in [0.717, 1.165) is 45.6 Å². The van der Waals surface area contributed by atoms with Gasteiger partial charge in [0, 0.05) is 6.54 Å². The molecule has 3 heterocycles. The minimum Gasteiger partial charge on any atom is -0.497 e. The van der Waals surface area contributed by atoms with Crippen molar-refractivity contribution in [1.82, 2.24) is 15.0 Å². The zero-order valence-electron chi connectivity index (χ0n) is 13.6. The molecule has 0 N–H and O–H groups in total. The van der Waals surface area contributed by atoms with E-state index in [-0.39, 0.29) is 0 Å². The van der Waals surface area contributed by atoms with Gasteiger partial charge in [0.2, 0.25) is 0 Å². The van der Waals surface area contributed by atoms with Crippen LogP contribution in [-0.4, -0.2) is 34.9 Å². The van der Waals surface area contributed by atoms with Crippen molar-refractivity contribution in [2.45, 2.75) is 23.2 Å². The lowest BCUT2D eigenvalue weighted by Crippen LogP contribution is -2.23. The number of benzene rings is 1. The van der Waals surface area contributed by atoms with Crippen LogP contribution in [0.15, 0.2) is 34.9 Å². The SMILES string of the molecule is COc1cccc(C2CCCN2c2ncnc3nc(SC)sc23)c1. The molecule has 1 fully saturated rings. The Balaban J connectivity index is 1.76. The third kappa shape index (κ3) is 2.71. The van der Waals surface area contributed by atoms with Crippen molar-refractivity contribution in [1.29, 1.82) is 0 Å². The second kappa shape index (κ2) is 6.57. The van der Waals surface area contributed by atoms with Gasteiger partial charge in [0.05, 0.1) is 13.2 Å². The number of anilines is 1. The first kappa shape index (κ1) is 15.7. The molecule has 1 aliphatic rings. The van der Waals surface area contributed by atoms with Crippen LogP contribution in [0.4, 0.5) is 5.82 Å². The van der Waals surface area contributed by atoms with E-state index in [2.05, 4.69) is 38.1 Å². The van der Waals surface area contributed by atoms with Crippen LogP contribution in [-0.2, 0) is 0 Å². The summed E-state index contributed by atoms with van der Waals surface area (Å²) >= 11 is 3.33. The number of thiazole rings is 1. The predicted octanol–water partition coefficient (Wildman–Crippen LogP) is 4.16. The number of rotatable bonds is 4. The molecule has 0 amide bonds. The smallest absolute Gasteiger partial charge is 0.176 e. The Bertz CT molecular complexity index is 867. The van der Waals surface area contributed by atoms with Crippen molar-refractivity contribution in [3.8, 4) is 5.75 Å². The minimum absolute atomic E-state index is 0.318. The van der Waals surface area contributed by atoms with Crippen LogP contribution in [0.1, 0.15) is 24.4 Å². The van der Waals surface area contributed by atoms with Crippen LogP contribution in [0.3, 0.4) is 0 Å². The highest BCUT2D eigenvalue weighted by Gasteiger charge is 2.29. The predicted molar refractivity (Wildman–Crippen MR) is 99.3 cm³/mol. The molecule has 4 rings (SSSR count). The van der Waals surface area contributed by atoms with E-state index in [1.54, 1.807) is 36.5 Å². The van der Waals surface area contributed by atoms with Crippen molar-refractivity contribution in [2.24, 2.45) is 0 Å². The zero-order chi connectivity index (χ0) is 16.5. The molecular weight excluding hydrogens is 340 g/mol. The van der Waals surface area contributed by atoms with Crippen LogP contribution in [0.25, 0.3) is 10.3 Å². The maximum absolute atomic E-state index is 5.39. The Hall–Kier alpha value is -1.86. The summed E-state index contributed by atoms with van der Waals surface area (Å²) in [7, 11) is 1.71. The second-order valence-corrected chi connectivity index (χ2v) is 7.71.